The lowest BCUT2D eigenvalue weighted by Crippen LogP contribution is -2.28. The third-order valence-electron chi connectivity index (χ3n) is 3.99. The van der Waals surface area contributed by atoms with Gasteiger partial charge in [-0.2, -0.15) is 0 Å². The lowest BCUT2D eigenvalue weighted by molar-refractivity contribution is -0.119. The number of halogens is 1. The predicted molar refractivity (Wildman–Crippen MR) is 102 cm³/mol. The molecule has 0 fully saturated rings. The minimum atomic E-state index is -0.120. The molecule has 0 aliphatic carbocycles. The van der Waals surface area contributed by atoms with Crippen LogP contribution in [0.1, 0.15) is 24.3 Å². The zero-order valence-electron chi connectivity index (χ0n) is 14.7. The Hall–Kier alpha value is -2.25. The second-order valence-electron chi connectivity index (χ2n) is 5.89. The van der Waals surface area contributed by atoms with E-state index in [-0.39, 0.29) is 17.7 Å². The van der Waals surface area contributed by atoms with Crippen molar-refractivity contribution in [3.05, 3.63) is 52.9 Å². The highest BCUT2D eigenvalue weighted by Gasteiger charge is 2.16. The fraction of sp³-hybridized carbons (Fsp3) is 0.278. The molecular formula is C18H19ClN4O2S. The number of rotatable bonds is 6. The number of aromatic nitrogens is 3. The molecule has 2 aromatic heterocycles. The number of carbonyl (C=O) groups is 1. The van der Waals surface area contributed by atoms with E-state index < -0.39 is 0 Å². The summed E-state index contributed by atoms with van der Waals surface area (Å²) in [7, 11) is 1.87. The maximum absolute atomic E-state index is 12.2. The molecule has 8 heteroatoms. The van der Waals surface area contributed by atoms with E-state index in [1.165, 1.54) is 11.8 Å². The van der Waals surface area contributed by atoms with Gasteiger partial charge in [0.15, 0.2) is 11.0 Å². The number of hydrogen-bond donors (Lipinski definition) is 1. The summed E-state index contributed by atoms with van der Waals surface area (Å²) in [6.07, 6.45) is 1.62. The van der Waals surface area contributed by atoms with Crippen LogP contribution in [0, 0.1) is 6.92 Å². The van der Waals surface area contributed by atoms with Crippen LogP contribution in [-0.2, 0) is 11.8 Å². The van der Waals surface area contributed by atoms with Crippen molar-refractivity contribution in [2.45, 2.75) is 25.0 Å². The van der Waals surface area contributed by atoms with Crippen molar-refractivity contribution in [3.63, 3.8) is 0 Å². The van der Waals surface area contributed by atoms with Gasteiger partial charge in [0.2, 0.25) is 5.91 Å². The minimum Gasteiger partial charge on any atom is -0.469 e. The van der Waals surface area contributed by atoms with Crippen LogP contribution >= 0.6 is 23.4 Å². The summed E-state index contributed by atoms with van der Waals surface area (Å²) in [5.74, 6) is 1.67. The summed E-state index contributed by atoms with van der Waals surface area (Å²) in [6, 6.07) is 9.20. The van der Waals surface area contributed by atoms with Gasteiger partial charge in [0.1, 0.15) is 5.76 Å². The Labute approximate surface area is 160 Å². The quantitative estimate of drug-likeness (QED) is 0.644. The molecule has 26 heavy (non-hydrogen) atoms. The Morgan fingerprint density at radius 3 is 2.88 bits per heavy atom. The van der Waals surface area contributed by atoms with Gasteiger partial charge in [-0.3, -0.25) is 4.79 Å². The van der Waals surface area contributed by atoms with Gasteiger partial charge in [-0.1, -0.05) is 35.5 Å². The number of benzene rings is 1. The number of nitrogens with zero attached hydrogens (tertiary/aromatic N) is 3. The second-order valence-corrected chi connectivity index (χ2v) is 7.27. The van der Waals surface area contributed by atoms with E-state index in [9.17, 15) is 4.79 Å². The number of hydrogen-bond acceptors (Lipinski definition) is 5. The Morgan fingerprint density at radius 1 is 1.38 bits per heavy atom. The molecule has 1 N–H and O–H groups in total. The molecule has 3 aromatic rings. The summed E-state index contributed by atoms with van der Waals surface area (Å²) in [4.78, 5) is 12.2. The molecule has 1 aromatic carbocycles. The highest BCUT2D eigenvalue weighted by atomic mass is 35.5. The average Bonchev–Trinajstić information content (AvgIpc) is 3.18. The van der Waals surface area contributed by atoms with Crippen LogP contribution in [0.5, 0.6) is 0 Å². The molecule has 1 amide bonds. The number of nitrogens with one attached hydrogen (secondary N) is 1. The van der Waals surface area contributed by atoms with Crippen LogP contribution in [0.2, 0.25) is 5.02 Å². The van der Waals surface area contributed by atoms with Crippen molar-refractivity contribution in [2.75, 3.05) is 5.75 Å². The number of carbonyl (C=O) groups excluding carboxylic acids is 1. The molecule has 2 heterocycles. The highest BCUT2D eigenvalue weighted by molar-refractivity contribution is 7.99. The first-order valence-corrected chi connectivity index (χ1v) is 9.43. The van der Waals surface area contributed by atoms with Crippen LogP contribution in [0.3, 0.4) is 0 Å². The molecule has 0 saturated heterocycles. The minimum absolute atomic E-state index is 0.0773. The van der Waals surface area contributed by atoms with Crippen molar-refractivity contribution >= 4 is 29.3 Å². The monoisotopic (exact) mass is 390 g/mol. The molecular weight excluding hydrogens is 372 g/mol. The highest BCUT2D eigenvalue weighted by Crippen LogP contribution is 2.26. The third kappa shape index (κ3) is 4.11. The smallest absolute Gasteiger partial charge is 0.230 e. The van der Waals surface area contributed by atoms with E-state index in [1.54, 1.807) is 6.26 Å². The zero-order chi connectivity index (χ0) is 18.7. The van der Waals surface area contributed by atoms with Gasteiger partial charge < -0.3 is 14.3 Å². The Bertz CT molecular complexity index is 922. The largest absolute Gasteiger partial charge is 0.469 e. The summed E-state index contributed by atoms with van der Waals surface area (Å²) >= 11 is 7.34. The Balaban J connectivity index is 1.60. The third-order valence-corrected chi connectivity index (χ3v) is 5.25. The molecule has 1 atom stereocenters. The fourth-order valence-electron chi connectivity index (χ4n) is 2.56. The van der Waals surface area contributed by atoms with E-state index in [1.807, 2.05) is 55.8 Å². The first-order valence-electron chi connectivity index (χ1n) is 8.07. The number of thioether (sulfide) groups is 1. The van der Waals surface area contributed by atoms with Gasteiger partial charge in [0.25, 0.3) is 0 Å². The molecule has 0 saturated carbocycles. The lowest BCUT2D eigenvalue weighted by atomic mass is 10.1. The molecule has 3 rings (SSSR count). The van der Waals surface area contributed by atoms with Gasteiger partial charge in [0.05, 0.1) is 23.6 Å². The SMILES string of the molecule is Cc1occc1-c1nnc(SCC(=O)N[C@@H](C)c2cccc(Cl)c2)n1C. The van der Waals surface area contributed by atoms with Crippen molar-refractivity contribution in [1.82, 2.24) is 20.1 Å². The second kappa shape index (κ2) is 7.97. The molecule has 6 nitrogen and oxygen atoms in total. The van der Waals surface area contributed by atoms with Gasteiger partial charge in [-0.25, -0.2) is 0 Å². The van der Waals surface area contributed by atoms with E-state index in [0.717, 1.165) is 16.9 Å². The normalized spacial score (nSPS) is 12.2. The Morgan fingerprint density at radius 2 is 2.19 bits per heavy atom. The van der Waals surface area contributed by atoms with Crippen LogP contribution in [0.15, 0.2) is 46.2 Å². The van der Waals surface area contributed by atoms with E-state index >= 15 is 0 Å². The number of amides is 1. The summed E-state index contributed by atoms with van der Waals surface area (Å²) in [5.41, 5.74) is 1.86. The van der Waals surface area contributed by atoms with Crippen molar-refractivity contribution in [2.24, 2.45) is 7.05 Å². The van der Waals surface area contributed by atoms with E-state index in [4.69, 9.17) is 16.0 Å². The van der Waals surface area contributed by atoms with Gasteiger partial charge in [-0.05, 0) is 37.6 Å². The van der Waals surface area contributed by atoms with Gasteiger partial charge in [0, 0.05) is 12.1 Å². The standard InChI is InChI=1S/C18H19ClN4O2S/c1-11(13-5-4-6-14(19)9-13)20-16(24)10-26-18-22-21-17(23(18)3)15-7-8-25-12(15)2/h4-9,11H,10H2,1-3H3,(H,20,24)/t11-/m0/s1. The first-order chi connectivity index (χ1) is 12.5. The van der Waals surface area contributed by atoms with Gasteiger partial charge in [-0.15, -0.1) is 10.2 Å². The molecule has 0 aliphatic heterocycles. The van der Waals surface area contributed by atoms with E-state index in [2.05, 4.69) is 15.5 Å². The van der Waals surface area contributed by atoms with E-state index in [0.29, 0.717) is 16.0 Å². The first kappa shape index (κ1) is 18.5. The molecule has 0 unspecified atom stereocenters. The molecule has 0 aliphatic rings. The summed E-state index contributed by atoms with van der Waals surface area (Å²) in [6.45, 7) is 3.80. The maximum Gasteiger partial charge on any atom is 0.230 e. The van der Waals surface area contributed by atoms with Crippen LogP contribution in [0.4, 0.5) is 0 Å². The lowest BCUT2D eigenvalue weighted by Gasteiger charge is -2.14. The summed E-state index contributed by atoms with van der Waals surface area (Å²) < 4.78 is 7.17. The van der Waals surface area contributed by atoms with Crippen molar-refractivity contribution < 1.29 is 9.21 Å². The van der Waals surface area contributed by atoms with Crippen LogP contribution in [0.25, 0.3) is 11.4 Å². The van der Waals surface area contributed by atoms with Crippen LogP contribution in [-0.4, -0.2) is 26.4 Å². The topological polar surface area (TPSA) is 72.9 Å². The average molecular weight is 391 g/mol. The fourth-order valence-corrected chi connectivity index (χ4v) is 3.49. The molecule has 0 radical (unpaired) electrons. The summed E-state index contributed by atoms with van der Waals surface area (Å²) in [5, 5.41) is 12.7. The number of aryl methyl sites for hydroxylation is 1. The maximum atomic E-state index is 12.2. The molecule has 136 valence electrons. The van der Waals surface area contributed by atoms with Crippen molar-refractivity contribution in [3.8, 4) is 11.4 Å². The molecule has 0 spiro atoms. The predicted octanol–water partition coefficient (Wildman–Crippen LogP) is 4.01. The zero-order valence-corrected chi connectivity index (χ0v) is 16.3. The Kier molecular flexibility index (Phi) is 5.68. The molecule has 0 bridgehead atoms. The number of furan rings is 1. The van der Waals surface area contributed by atoms with Crippen LogP contribution < -0.4 is 5.32 Å². The van der Waals surface area contributed by atoms with Gasteiger partial charge >= 0.3 is 0 Å². The van der Waals surface area contributed by atoms with Crippen molar-refractivity contribution in [1.29, 1.82) is 0 Å².